The van der Waals surface area contributed by atoms with Crippen molar-refractivity contribution in [2.45, 2.75) is 10.1 Å². The third-order valence-corrected chi connectivity index (χ3v) is 5.42. The molecule has 2 aromatic carbocycles. The van der Waals surface area contributed by atoms with Gasteiger partial charge in [-0.25, -0.2) is 4.39 Å². The molecule has 0 atom stereocenters. The van der Waals surface area contributed by atoms with Crippen LogP contribution in [0.25, 0.3) is 0 Å². The number of nitrogens with zero attached hydrogens (tertiary/aromatic N) is 2. The zero-order valence-corrected chi connectivity index (χ0v) is 15.7. The number of amides is 1. The van der Waals surface area contributed by atoms with Gasteiger partial charge in [0, 0.05) is 10.8 Å². The molecule has 9 heteroatoms. The summed E-state index contributed by atoms with van der Waals surface area (Å²) in [4.78, 5) is 11.9. The van der Waals surface area contributed by atoms with E-state index in [-0.39, 0.29) is 12.4 Å². The van der Waals surface area contributed by atoms with Crippen LogP contribution in [0.4, 0.5) is 9.52 Å². The number of para-hydroxylation sites is 1. The Morgan fingerprint density at radius 2 is 1.96 bits per heavy atom. The molecule has 0 aliphatic heterocycles. The van der Waals surface area contributed by atoms with Crippen LogP contribution in [-0.2, 0) is 10.5 Å². The number of nitrogens with one attached hydrogen (secondary N) is 1. The highest BCUT2D eigenvalue weighted by Gasteiger charge is 2.11. The first-order valence-electron chi connectivity index (χ1n) is 7.48. The zero-order chi connectivity index (χ0) is 18.4. The van der Waals surface area contributed by atoms with Crippen LogP contribution >= 0.6 is 34.7 Å². The SMILES string of the molecule is O=C(COc1ccccc1F)Nc1nnc(SCc2ccc(Cl)cc2)s1. The summed E-state index contributed by atoms with van der Waals surface area (Å²) in [5.74, 6) is -0.203. The lowest BCUT2D eigenvalue weighted by Crippen LogP contribution is -2.20. The van der Waals surface area contributed by atoms with Crippen molar-refractivity contribution in [2.24, 2.45) is 0 Å². The molecule has 1 heterocycles. The quantitative estimate of drug-likeness (QED) is 0.455. The Hall–Kier alpha value is -2.16. The largest absolute Gasteiger partial charge is 0.481 e. The summed E-state index contributed by atoms with van der Waals surface area (Å²) in [6, 6.07) is 13.5. The Balaban J connectivity index is 1.47. The van der Waals surface area contributed by atoms with Gasteiger partial charge in [-0.1, -0.05) is 59.0 Å². The van der Waals surface area contributed by atoms with E-state index in [1.807, 2.05) is 24.3 Å². The van der Waals surface area contributed by atoms with E-state index in [0.717, 1.165) is 15.7 Å². The second kappa shape index (κ2) is 8.98. The number of aromatic nitrogens is 2. The molecule has 0 unspecified atom stereocenters. The van der Waals surface area contributed by atoms with Crippen LogP contribution in [0.1, 0.15) is 5.56 Å². The van der Waals surface area contributed by atoms with Crippen molar-refractivity contribution < 1.29 is 13.9 Å². The predicted octanol–water partition coefficient (Wildman–Crippen LogP) is 4.64. The van der Waals surface area contributed by atoms with Crippen molar-refractivity contribution in [1.29, 1.82) is 0 Å². The van der Waals surface area contributed by atoms with E-state index < -0.39 is 11.7 Å². The minimum absolute atomic E-state index is 0.0270. The van der Waals surface area contributed by atoms with Gasteiger partial charge in [0.05, 0.1) is 0 Å². The number of benzene rings is 2. The molecule has 1 aromatic heterocycles. The number of halogens is 2. The smallest absolute Gasteiger partial charge is 0.264 e. The van der Waals surface area contributed by atoms with E-state index in [1.165, 1.54) is 35.2 Å². The maximum absolute atomic E-state index is 13.4. The molecule has 0 radical (unpaired) electrons. The molecular formula is C17H13ClFN3O2S2. The molecular weight excluding hydrogens is 397 g/mol. The van der Waals surface area contributed by atoms with E-state index in [2.05, 4.69) is 15.5 Å². The summed E-state index contributed by atoms with van der Waals surface area (Å²) in [7, 11) is 0. The van der Waals surface area contributed by atoms with E-state index in [4.69, 9.17) is 16.3 Å². The summed E-state index contributed by atoms with van der Waals surface area (Å²) in [5, 5.41) is 11.6. The van der Waals surface area contributed by atoms with Crippen LogP contribution in [0.15, 0.2) is 52.9 Å². The highest BCUT2D eigenvalue weighted by Crippen LogP contribution is 2.28. The number of carbonyl (C=O) groups is 1. The van der Waals surface area contributed by atoms with Gasteiger partial charge in [0.15, 0.2) is 22.5 Å². The third-order valence-electron chi connectivity index (χ3n) is 3.12. The van der Waals surface area contributed by atoms with Gasteiger partial charge >= 0.3 is 0 Å². The molecule has 1 N–H and O–H groups in total. The Bertz CT molecular complexity index is 890. The number of rotatable bonds is 7. The minimum Gasteiger partial charge on any atom is -0.481 e. The number of carbonyl (C=O) groups excluding carboxylic acids is 1. The molecule has 0 bridgehead atoms. The van der Waals surface area contributed by atoms with Crippen LogP contribution in [0.2, 0.25) is 5.02 Å². The number of anilines is 1. The van der Waals surface area contributed by atoms with Crippen LogP contribution < -0.4 is 10.1 Å². The summed E-state index contributed by atoms with van der Waals surface area (Å²) in [6.45, 7) is -0.312. The third kappa shape index (κ3) is 5.42. The van der Waals surface area contributed by atoms with Gasteiger partial charge in [-0.05, 0) is 29.8 Å². The molecule has 0 saturated carbocycles. The van der Waals surface area contributed by atoms with Crippen LogP contribution in [0.3, 0.4) is 0 Å². The molecule has 0 spiro atoms. The Kier molecular flexibility index (Phi) is 6.43. The second-order valence-electron chi connectivity index (χ2n) is 5.06. The summed E-state index contributed by atoms with van der Waals surface area (Å²) in [5.41, 5.74) is 1.11. The van der Waals surface area contributed by atoms with E-state index >= 15 is 0 Å². The topological polar surface area (TPSA) is 64.1 Å². The number of thioether (sulfide) groups is 1. The van der Waals surface area contributed by atoms with Crippen LogP contribution in [0.5, 0.6) is 5.75 Å². The molecule has 1 amide bonds. The van der Waals surface area contributed by atoms with Crippen molar-refractivity contribution in [2.75, 3.05) is 11.9 Å². The average molecular weight is 410 g/mol. The molecule has 0 aliphatic carbocycles. The minimum atomic E-state index is -0.517. The Morgan fingerprint density at radius 3 is 2.73 bits per heavy atom. The number of hydrogen-bond acceptors (Lipinski definition) is 6. The van der Waals surface area contributed by atoms with Crippen molar-refractivity contribution in [1.82, 2.24) is 10.2 Å². The Morgan fingerprint density at radius 1 is 1.19 bits per heavy atom. The standard InChI is InChI=1S/C17H13ClFN3O2S2/c18-12-7-5-11(6-8-12)10-25-17-22-21-16(26-17)20-15(23)9-24-14-4-2-1-3-13(14)19/h1-8H,9-10H2,(H,20,21,23). The van der Waals surface area contributed by atoms with Gasteiger partial charge in [0.1, 0.15) is 0 Å². The van der Waals surface area contributed by atoms with Gasteiger partial charge in [-0.15, -0.1) is 10.2 Å². The fraction of sp³-hybridized carbons (Fsp3) is 0.118. The van der Waals surface area contributed by atoms with Gasteiger partial charge in [-0.2, -0.15) is 0 Å². The fourth-order valence-corrected chi connectivity index (χ4v) is 3.75. The van der Waals surface area contributed by atoms with E-state index in [9.17, 15) is 9.18 Å². The fourth-order valence-electron chi connectivity index (χ4n) is 1.90. The summed E-state index contributed by atoms with van der Waals surface area (Å²) >= 11 is 8.63. The van der Waals surface area contributed by atoms with Crippen molar-refractivity contribution in [3.63, 3.8) is 0 Å². The molecule has 0 saturated heterocycles. The summed E-state index contributed by atoms with van der Waals surface area (Å²) < 4.78 is 19.3. The van der Waals surface area contributed by atoms with Gasteiger partial charge in [0.25, 0.3) is 5.91 Å². The molecule has 0 aliphatic rings. The lowest BCUT2D eigenvalue weighted by atomic mass is 10.2. The van der Waals surface area contributed by atoms with Gasteiger partial charge in [0.2, 0.25) is 5.13 Å². The van der Waals surface area contributed by atoms with Crippen molar-refractivity contribution in [3.8, 4) is 5.75 Å². The van der Waals surface area contributed by atoms with Crippen molar-refractivity contribution >= 4 is 45.7 Å². The molecule has 26 heavy (non-hydrogen) atoms. The maximum Gasteiger partial charge on any atom is 0.264 e. The molecule has 134 valence electrons. The van der Waals surface area contributed by atoms with E-state index in [1.54, 1.807) is 12.1 Å². The normalized spacial score (nSPS) is 10.5. The number of ether oxygens (including phenoxy) is 1. The van der Waals surface area contributed by atoms with E-state index in [0.29, 0.717) is 10.2 Å². The average Bonchev–Trinajstić information content (AvgIpc) is 3.08. The monoisotopic (exact) mass is 409 g/mol. The molecule has 3 aromatic rings. The van der Waals surface area contributed by atoms with Gasteiger partial charge in [-0.3, -0.25) is 10.1 Å². The zero-order valence-electron chi connectivity index (χ0n) is 13.3. The predicted molar refractivity (Wildman–Crippen MR) is 101 cm³/mol. The maximum atomic E-state index is 13.4. The molecule has 3 rings (SSSR count). The highest BCUT2D eigenvalue weighted by atomic mass is 35.5. The molecule has 0 fully saturated rings. The van der Waals surface area contributed by atoms with Gasteiger partial charge < -0.3 is 4.74 Å². The van der Waals surface area contributed by atoms with Crippen molar-refractivity contribution in [3.05, 3.63) is 64.9 Å². The van der Waals surface area contributed by atoms with Crippen LogP contribution in [-0.4, -0.2) is 22.7 Å². The lowest BCUT2D eigenvalue weighted by Gasteiger charge is -2.05. The lowest BCUT2D eigenvalue weighted by molar-refractivity contribution is -0.118. The number of hydrogen-bond donors (Lipinski definition) is 1. The highest BCUT2D eigenvalue weighted by molar-refractivity contribution is 8.00. The first kappa shape index (κ1) is 18.6. The molecule has 5 nitrogen and oxygen atoms in total. The first-order chi connectivity index (χ1) is 12.6. The Labute approximate surface area is 162 Å². The second-order valence-corrected chi connectivity index (χ2v) is 7.69. The van der Waals surface area contributed by atoms with Crippen LogP contribution in [0, 0.1) is 5.82 Å². The first-order valence-corrected chi connectivity index (χ1v) is 9.66. The summed E-state index contributed by atoms with van der Waals surface area (Å²) in [6.07, 6.45) is 0.